The molecule has 106 valence electrons. The van der Waals surface area contributed by atoms with E-state index in [-0.39, 0.29) is 0 Å². The number of aliphatic hydroxyl groups is 1. The molecule has 2 atom stereocenters. The van der Waals surface area contributed by atoms with E-state index >= 15 is 0 Å². The van der Waals surface area contributed by atoms with Gasteiger partial charge in [-0.2, -0.15) is 0 Å². The Balaban J connectivity index is 2.08. The van der Waals surface area contributed by atoms with E-state index in [0.29, 0.717) is 5.92 Å². The van der Waals surface area contributed by atoms with Crippen molar-refractivity contribution in [3.63, 3.8) is 0 Å². The van der Waals surface area contributed by atoms with Gasteiger partial charge in [-0.05, 0) is 37.8 Å². The zero-order valence-corrected chi connectivity index (χ0v) is 11.8. The maximum Gasteiger partial charge on any atom is 0.0937 e. The number of nitrogens with one attached hydrogen (secondary N) is 1. The largest absolute Gasteiger partial charge is 0.385 e. The second-order valence-corrected chi connectivity index (χ2v) is 5.43. The second-order valence-electron chi connectivity index (χ2n) is 5.43. The Morgan fingerprint density at radius 1 is 1.32 bits per heavy atom. The molecule has 1 saturated heterocycles. The van der Waals surface area contributed by atoms with Gasteiger partial charge in [0.05, 0.1) is 5.60 Å². The molecule has 0 saturated carbocycles. The molecule has 3 nitrogen and oxygen atoms in total. The van der Waals surface area contributed by atoms with Gasteiger partial charge in [0.25, 0.3) is 0 Å². The number of unbranched alkanes of at least 4 members (excludes halogenated alkanes) is 1. The number of hydrogen-bond donors (Lipinski definition) is 2. The van der Waals surface area contributed by atoms with Crippen LogP contribution < -0.4 is 5.32 Å². The lowest BCUT2D eigenvalue weighted by molar-refractivity contribution is -0.0279. The molecule has 1 fully saturated rings. The van der Waals surface area contributed by atoms with Gasteiger partial charge in [0.15, 0.2) is 0 Å². The summed E-state index contributed by atoms with van der Waals surface area (Å²) in [6.45, 7) is 2.70. The average molecular weight is 263 g/mol. The van der Waals surface area contributed by atoms with Crippen LogP contribution in [0.3, 0.4) is 0 Å². The lowest BCUT2D eigenvalue weighted by Crippen LogP contribution is -2.36. The Hall–Kier alpha value is -0.900. The molecule has 0 radical (unpaired) electrons. The van der Waals surface area contributed by atoms with Gasteiger partial charge in [0.2, 0.25) is 0 Å². The van der Waals surface area contributed by atoms with E-state index in [1.165, 1.54) is 0 Å². The summed E-state index contributed by atoms with van der Waals surface area (Å²) < 4.78 is 5.09. The third-order valence-electron chi connectivity index (χ3n) is 4.17. The van der Waals surface area contributed by atoms with Gasteiger partial charge in [-0.1, -0.05) is 30.3 Å². The van der Waals surface area contributed by atoms with Gasteiger partial charge in [-0.3, -0.25) is 0 Å². The Morgan fingerprint density at radius 2 is 2.11 bits per heavy atom. The molecule has 1 aromatic carbocycles. The van der Waals surface area contributed by atoms with E-state index in [2.05, 4.69) is 17.4 Å². The smallest absolute Gasteiger partial charge is 0.0937 e. The van der Waals surface area contributed by atoms with Crippen LogP contribution in [0.1, 0.15) is 31.2 Å². The molecule has 3 heteroatoms. The minimum Gasteiger partial charge on any atom is -0.385 e. The molecule has 0 bridgehead atoms. The first-order chi connectivity index (χ1) is 9.27. The first kappa shape index (κ1) is 14.5. The fourth-order valence-electron chi connectivity index (χ4n) is 3.01. The molecular weight excluding hydrogens is 238 g/mol. The van der Waals surface area contributed by atoms with Crippen LogP contribution in [0, 0.1) is 5.92 Å². The van der Waals surface area contributed by atoms with Crippen molar-refractivity contribution in [1.29, 1.82) is 0 Å². The van der Waals surface area contributed by atoms with Crippen LogP contribution in [0.5, 0.6) is 0 Å². The van der Waals surface area contributed by atoms with Crippen LogP contribution in [0.4, 0.5) is 0 Å². The normalized spacial score (nSPS) is 22.3. The first-order valence-electron chi connectivity index (χ1n) is 7.25. The predicted molar refractivity (Wildman–Crippen MR) is 77.0 cm³/mol. The van der Waals surface area contributed by atoms with E-state index < -0.39 is 5.60 Å². The molecule has 0 aromatic heterocycles. The summed E-state index contributed by atoms with van der Waals surface area (Å²) >= 11 is 0. The molecule has 19 heavy (non-hydrogen) atoms. The van der Waals surface area contributed by atoms with Gasteiger partial charge >= 0.3 is 0 Å². The maximum absolute atomic E-state index is 11.2. The predicted octanol–water partition coefficient (Wildman–Crippen LogP) is 2.30. The number of rotatable bonds is 7. The highest BCUT2D eigenvalue weighted by Crippen LogP contribution is 2.37. The second kappa shape index (κ2) is 7.04. The van der Waals surface area contributed by atoms with Crippen molar-refractivity contribution < 1.29 is 9.84 Å². The molecule has 2 rings (SSSR count). The molecule has 1 heterocycles. The zero-order chi connectivity index (χ0) is 13.6. The van der Waals surface area contributed by atoms with Crippen molar-refractivity contribution in [3.8, 4) is 0 Å². The highest BCUT2D eigenvalue weighted by molar-refractivity contribution is 5.24. The number of benzene rings is 1. The van der Waals surface area contributed by atoms with Crippen LogP contribution >= 0.6 is 0 Å². The fraction of sp³-hybridized carbons (Fsp3) is 0.625. The SMILES string of the molecule is COCCCCC(O)(c1ccccc1)C1CCNC1. The zero-order valence-electron chi connectivity index (χ0n) is 11.8. The lowest BCUT2D eigenvalue weighted by Gasteiger charge is -2.34. The van der Waals surface area contributed by atoms with Crippen molar-refractivity contribution >= 4 is 0 Å². The molecule has 0 aliphatic carbocycles. The third-order valence-corrected chi connectivity index (χ3v) is 4.17. The van der Waals surface area contributed by atoms with Crippen molar-refractivity contribution in [2.75, 3.05) is 26.8 Å². The summed E-state index contributed by atoms with van der Waals surface area (Å²) in [5.74, 6) is 0.317. The summed E-state index contributed by atoms with van der Waals surface area (Å²) in [5, 5.41) is 14.6. The van der Waals surface area contributed by atoms with Gasteiger partial charge < -0.3 is 15.2 Å². The number of methoxy groups -OCH3 is 1. The first-order valence-corrected chi connectivity index (χ1v) is 7.25. The van der Waals surface area contributed by atoms with Gasteiger partial charge in [-0.25, -0.2) is 0 Å². The quantitative estimate of drug-likeness (QED) is 0.742. The van der Waals surface area contributed by atoms with E-state index in [1.807, 2.05) is 18.2 Å². The summed E-state index contributed by atoms with van der Waals surface area (Å²) in [6, 6.07) is 10.1. The van der Waals surface area contributed by atoms with E-state index in [1.54, 1.807) is 7.11 Å². The maximum atomic E-state index is 11.2. The minimum atomic E-state index is -0.696. The standard InChI is InChI=1S/C16H25NO2/c1-19-12-6-5-10-16(18,15-9-11-17-13-15)14-7-3-2-4-8-14/h2-4,7-8,15,17-18H,5-6,9-13H2,1H3. The van der Waals surface area contributed by atoms with Crippen LogP contribution in [0.15, 0.2) is 30.3 Å². The summed E-state index contributed by atoms with van der Waals surface area (Å²) in [4.78, 5) is 0. The van der Waals surface area contributed by atoms with Crippen LogP contribution in [-0.2, 0) is 10.3 Å². The highest BCUT2D eigenvalue weighted by Gasteiger charge is 2.39. The van der Waals surface area contributed by atoms with Gasteiger partial charge in [-0.15, -0.1) is 0 Å². The van der Waals surface area contributed by atoms with Crippen molar-refractivity contribution in [2.45, 2.75) is 31.3 Å². The monoisotopic (exact) mass is 263 g/mol. The Morgan fingerprint density at radius 3 is 2.74 bits per heavy atom. The summed E-state index contributed by atoms with van der Waals surface area (Å²) in [6.07, 6.45) is 3.86. The van der Waals surface area contributed by atoms with Gasteiger partial charge in [0.1, 0.15) is 0 Å². The minimum absolute atomic E-state index is 0.317. The molecule has 1 aliphatic rings. The van der Waals surface area contributed by atoms with Crippen LogP contribution in [0.25, 0.3) is 0 Å². The topological polar surface area (TPSA) is 41.5 Å². The Kier molecular flexibility index (Phi) is 5.37. The van der Waals surface area contributed by atoms with Crippen molar-refractivity contribution in [1.82, 2.24) is 5.32 Å². The number of ether oxygens (including phenoxy) is 1. The van der Waals surface area contributed by atoms with Crippen LogP contribution in [0.2, 0.25) is 0 Å². The lowest BCUT2D eigenvalue weighted by atomic mass is 9.77. The molecule has 1 aliphatic heterocycles. The molecule has 0 spiro atoms. The molecule has 0 amide bonds. The molecule has 2 unspecified atom stereocenters. The van der Waals surface area contributed by atoms with E-state index in [0.717, 1.165) is 50.9 Å². The molecule has 1 aromatic rings. The van der Waals surface area contributed by atoms with Crippen LogP contribution in [-0.4, -0.2) is 31.9 Å². The Bertz CT molecular complexity index is 362. The highest BCUT2D eigenvalue weighted by atomic mass is 16.5. The van der Waals surface area contributed by atoms with Gasteiger partial charge in [0, 0.05) is 26.2 Å². The molecule has 2 N–H and O–H groups in total. The summed E-state index contributed by atoms with van der Waals surface area (Å²) in [5.41, 5.74) is 0.361. The summed E-state index contributed by atoms with van der Waals surface area (Å²) in [7, 11) is 1.73. The molecular formula is C16H25NO2. The Labute approximate surface area is 116 Å². The van der Waals surface area contributed by atoms with Crippen molar-refractivity contribution in [3.05, 3.63) is 35.9 Å². The third kappa shape index (κ3) is 3.56. The van der Waals surface area contributed by atoms with E-state index in [9.17, 15) is 5.11 Å². The average Bonchev–Trinajstić information content (AvgIpc) is 2.99. The number of hydrogen-bond acceptors (Lipinski definition) is 3. The van der Waals surface area contributed by atoms with E-state index in [4.69, 9.17) is 4.74 Å². The van der Waals surface area contributed by atoms with Crippen molar-refractivity contribution in [2.24, 2.45) is 5.92 Å². The fourth-order valence-corrected chi connectivity index (χ4v) is 3.01.